The number of benzene rings is 2. The van der Waals surface area contributed by atoms with Crippen LogP contribution in [0.5, 0.6) is 5.75 Å². The van der Waals surface area contributed by atoms with Gasteiger partial charge in [0.2, 0.25) is 0 Å². The van der Waals surface area contributed by atoms with E-state index >= 15 is 0 Å². The molecule has 0 unspecified atom stereocenters. The first-order valence-electron chi connectivity index (χ1n) is 8.09. The Hall–Kier alpha value is -1.87. The zero-order valence-electron chi connectivity index (χ0n) is 15.4. The second-order valence-corrected chi connectivity index (χ2v) is 8.21. The Bertz CT molecular complexity index is 782. The summed E-state index contributed by atoms with van der Waals surface area (Å²) in [7, 11) is -0.682. The van der Waals surface area contributed by atoms with Crippen molar-refractivity contribution in [1.82, 2.24) is 0 Å². The zero-order valence-corrected chi connectivity index (χ0v) is 16.3. The van der Waals surface area contributed by atoms with Gasteiger partial charge in [0.25, 0.3) is 0 Å². The molecule has 0 aliphatic rings. The van der Waals surface area contributed by atoms with E-state index in [1.54, 1.807) is 0 Å². The minimum Gasteiger partial charge on any atom is -0.489 e. The topological polar surface area (TPSA) is 44.8 Å². The number of aryl methyl sites for hydroxylation is 1. The molecule has 0 aliphatic carbocycles. The maximum atomic E-state index is 13.0. The molecule has 134 valence electrons. The molecule has 0 spiro atoms. The first-order chi connectivity index (χ1) is 11.9. The number of hydrogen-bond acceptors (Lipinski definition) is 4. The van der Waals surface area contributed by atoms with Gasteiger partial charge in [-0.05, 0) is 50.1 Å². The summed E-state index contributed by atoms with van der Waals surface area (Å²) in [6, 6.07) is 13.7. The van der Waals surface area contributed by atoms with E-state index in [4.69, 9.17) is 13.8 Å². The number of ether oxygens (including phenoxy) is 1. The zero-order chi connectivity index (χ0) is 18.4. The molecule has 0 aliphatic heterocycles. The van der Waals surface area contributed by atoms with Crippen LogP contribution in [-0.2, 0) is 13.6 Å². The fraction of sp³-hybridized carbons (Fsp3) is 0.300. The molecular weight excluding hydrogens is 335 g/mol. The van der Waals surface area contributed by atoms with Gasteiger partial charge in [-0.1, -0.05) is 41.5 Å². The molecule has 0 saturated carbocycles. The third kappa shape index (κ3) is 4.82. The first-order valence-corrected chi connectivity index (χ1v) is 9.63. The molecule has 2 aromatic carbocycles. The molecule has 0 aromatic heterocycles. The van der Waals surface area contributed by atoms with E-state index in [0.29, 0.717) is 17.7 Å². The maximum absolute atomic E-state index is 13.0. The number of hydrogen-bond donors (Lipinski definition) is 0. The van der Waals surface area contributed by atoms with Crippen molar-refractivity contribution in [1.29, 1.82) is 0 Å². The van der Waals surface area contributed by atoms with E-state index in [-0.39, 0.29) is 0 Å². The molecular formula is C20H25O4P. The second-order valence-electron chi connectivity index (χ2n) is 6.00. The Morgan fingerprint density at radius 3 is 2.16 bits per heavy atom. The quantitative estimate of drug-likeness (QED) is 0.508. The summed E-state index contributed by atoms with van der Waals surface area (Å²) in [4.78, 5) is 0. The Morgan fingerprint density at radius 1 is 1.00 bits per heavy atom. The van der Waals surface area contributed by atoms with E-state index < -0.39 is 7.60 Å². The molecule has 0 radical (unpaired) electrons. The minimum atomic E-state index is -3.44. The highest BCUT2D eigenvalue weighted by Crippen LogP contribution is 2.48. The largest absolute Gasteiger partial charge is 0.489 e. The third-order valence-corrected chi connectivity index (χ3v) is 5.75. The van der Waals surface area contributed by atoms with Gasteiger partial charge in [-0.3, -0.25) is 4.57 Å². The molecule has 0 bridgehead atoms. The van der Waals surface area contributed by atoms with Crippen molar-refractivity contribution in [2.75, 3.05) is 20.8 Å². The van der Waals surface area contributed by atoms with E-state index in [0.717, 1.165) is 16.7 Å². The van der Waals surface area contributed by atoms with Crippen molar-refractivity contribution in [2.24, 2.45) is 0 Å². The average molecular weight is 360 g/mol. The van der Waals surface area contributed by atoms with Crippen molar-refractivity contribution in [3.63, 3.8) is 0 Å². The Labute approximate surface area is 150 Å². The van der Waals surface area contributed by atoms with Crippen LogP contribution in [0.1, 0.15) is 19.4 Å². The lowest BCUT2D eigenvalue weighted by Crippen LogP contribution is -2.13. The standard InChI is InChI=1S/C20H25O4P/c1-15(2)12-13-24-19-11-10-18(17-8-6-16(3)7-9-17)14-20(19)25(21,22-4)23-5/h6-12,14H,13H2,1-5H3. The molecule has 2 rings (SSSR count). The van der Waals surface area contributed by atoms with Crippen molar-refractivity contribution < 1.29 is 18.3 Å². The van der Waals surface area contributed by atoms with Crippen LogP contribution in [0.15, 0.2) is 54.1 Å². The molecule has 0 heterocycles. The molecule has 0 saturated heterocycles. The van der Waals surface area contributed by atoms with E-state index in [1.165, 1.54) is 19.8 Å². The van der Waals surface area contributed by atoms with Crippen LogP contribution in [-0.4, -0.2) is 20.8 Å². The molecule has 25 heavy (non-hydrogen) atoms. The van der Waals surface area contributed by atoms with Gasteiger partial charge in [-0.25, -0.2) is 0 Å². The van der Waals surface area contributed by atoms with Gasteiger partial charge in [0.15, 0.2) is 0 Å². The van der Waals surface area contributed by atoms with Crippen LogP contribution in [0.3, 0.4) is 0 Å². The van der Waals surface area contributed by atoms with E-state index in [1.807, 2.05) is 69.3 Å². The summed E-state index contributed by atoms with van der Waals surface area (Å²) in [6.45, 7) is 6.44. The summed E-state index contributed by atoms with van der Waals surface area (Å²) in [5.74, 6) is 0.500. The summed E-state index contributed by atoms with van der Waals surface area (Å²) in [5.41, 5.74) is 4.30. The highest BCUT2D eigenvalue weighted by atomic mass is 31.2. The minimum absolute atomic E-state index is 0.395. The van der Waals surface area contributed by atoms with Crippen molar-refractivity contribution in [2.45, 2.75) is 20.8 Å². The van der Waals surface area contributed by atoms with Crippen LogP contribution in [0.2, 0.25) is 0 Å². The van der Waals surface area contributed by atoms with Crippen LogP contribution in [0.4, 0.5) is 0 Å². The molecule has 0 fully saturated rings. The number of rotatable bonds is 7. The molecule has 0 N–H and O–H groups in total. The molecule has 4 nitrogen and oxygen atoms in total. The van der Waals surface area contributed by atoms with Gasteiger partial charge >= 0.3 is 7.60 Å². The van der Waals surface area contributed by atoms with E-state index in [9.17, 15) is 4.57 Å². The predicted molar refractivity (Wildman–Crippen MR) is 103 cm³/mol. The highest BCUT2D eigenvalue weighted by Gasteiger charge is 2.29. The molecule has 0 amide bonds. The summed E-state index contributed by atoms with van der Waals surface area (Å²) >= 11 is 0. The first kappa shape index (κ1) is 19.5. The lowest BCUT2D eigenvalue weighted by Gasteiger charge is -2.18. The molecule has 5 heteroatoms. The second kappa shape index (κ2) is 8.48. The SMILES string of the molecule is COP(=O)(OC)c1cc(-c2ccc(C)cc2)ccc1OCC=C(C)C. The predicted octanol–water partition coefficient (Wildman–Crippen LogP) is 5.12. The van der Waals surface area contributed by atoms with Gasteiger partial charge < -0.3 is 13.8 Å². The Balaban J connectivity index is 2.48. The fourth-order valence-corrected chi connectivity index (χ4v) is 3.60. The number of allylic oxidation sites excluding steroid dienone is 1. The van der Waals surface area contributed by atoms with Crippen LogP contribution >= 0.6 is 7.60 Å². The normalized spacial score (nSPS) is 11.2. The van der Waals surface area contributed by atoms with Gasteiger partial charge in [0.1, 0.15) is 17.7 Å². The van der Waals surface area contributed by atoms with Crippen molar-refractivity contribution in [3.8, 4) is 16.9 Å². The third-order valence-electron chi connectivity index (χ3n) is 3.85. The van der Waals surface area contributed by atoms with Gasteiger partial charge in [0.05, 0.1) is 0 Å². The van der Waals surface area contributed by atoms with Crippen LogP contribution < -0.4 is 10.0 Å². The Morgan fingerprint density at radius 2 is 1.60 bits per heavy atom. The summed E-state index contributed by atoms with van der Waals surface area (Å²) in [5, 5.41) is 0.428. The van der Waals surface area contributed by atoms with Crippen LogP contribution in [0, 0.1) is 6.92 Å². The lowest BCUT2D eigenvalue weighted by molar-refractivity contribution is 0.285. The average Bonchev–Trinajstić information content (AvgIpc) is 2.61. The maximum Gasteiger partial charge on any atom is 0.364 e. The molecule has 2 aromatic rings. The van der Waals surface area contributed by atoms with Crippen molar-refractivity contribution >= 4 is 12.9 Å². The Kier molecular flexibility index (Phi) is 6.60. The highest BCUT2D eigenvalue weighted by molar-refractivity contribution is 7.62. The van der Waals surface area contributed by atoms with Gasteiger partial charge in [0, 0.05) is 14.2 Å². The monoisotopic (exact) mass is 360 g/mol. The van der Waals surface area contributed by atoms with Crippen LogP contribution in [0.25, 0.3) is 11.1 Å². The summed E-state index contributed by atoms with van der Waals surface area (Å²) < 4.78 is 29.1. The lowest BCUT2D eigenvalue weighted by atomic mass is 10.0. The van der Waals surface area contributed by atoms with Crippen molar-refractivity contribution in [3.05, 3.63) is 59.7 Å². The fourth-order valence-electron chi connectivity index (χ4n) is 2.35. The van der Waals surface area contributed by atoms with E-state index in [2.05, 4.69) is 0 Å². The smallest absolute Gasteiger partial charge is 0.364 e. The van der Waals surface area contributed by atoms with Gasteiger partial charge in [-0.2, -0.15) is 0 Å². The summed E-state index contributed by atoms with van der Waals surface area (Å²) in [6.07, 6.45) is 1.96. The van der Waals surface area contributed by atoms with Gasteiger partial charge in [-0.15, -0.1) is 0 Å². The molecule has 0 atom stereocenters.